The van der Waals surface area contributed by atoms with Crippen LogP contribution in [0.4, 0.5) is 0 Å². The molecule has 0 amide bonds. The molecule has 0 fully saturated rings. The number of nitrogens with two attached hydrogens (primary N) is 1. The van der Waals surface area contributed by atoms with Crippen molar-refractivity contribution < 1.29 is 4.74 Å². The summed E-state index contributed by atoms with van der Waals surface area (Å²) < 4.78 is 5.82. The van der Waals surface area contributed by atoms with Crippen molar-refractivity contribution >= 4 is 0 Å². The van der Waals surface area contributed by atoms with Gasteiger partial charge in [0.2, 0.25) is 0 Å². The Morgan fingerprint density at radius 3 is 2.95 bits per heavy atom. The van der Waals surface area contributed by atoms with Crippen molar-refractivity contribution in [1.29, 1.82) is 0 Å². The number of rotatable bonds is 2. The quantitative estimate of drug-likeness (QED) is 0.896. The predicted octanol–water partition coefficient (Wildman–Crippen LogP) is 2.71. The topological polar surface area (TPSA) is 48.1 Å². The first-order valence-electron chi connectivity index (χ1n) is 6.75. The summed E-state index contributed by atoms with van der Waals surface area (Å²) >= 11 is 0. The van der Waals surface area contributed by atoms with Crippen molar-refractivity contribution in [2.24, 2.45) is 5.73 Å². The van der Waals surface area contributed by atoms with E-state index in [1.165, 1.54) is 16.7 Å². The van der Waals surface area contributed by atoms with E-state index in [4.69, 9.17) is 10.5 Å². The third kappa shape index (κ3) is 2.39. The molecule has 0 aliphatic carbocycles. The zero-order valence-electron chi connectivity index (χ0n) is 10.9. The van der Waals surface area contributed by atoms with E-state index in [1.54, 1.807) is 0 Å². The molecule has 1 aromatic carbocycles. The standard InChI is InChI=1S/C16H18N2O/c17-11-16-14-6-3-5-13(12(14)7-4-10-19-16)15-8-1-2-9-18-15/h1-3,5-6,8-9,16H,4,7,10-11,17H2. The van der Waals surface area contributed by atoms with Gasteiger partial charge in [0.25, 0.3) is 0 Å². The lowest BCUT2D eigenvalue weighted by atomic mass is 9.93. The molecule has 3 heteroatoms. The van der Waals surface area contributed by atoms with E-state index in [9.17, 15) is 0 Å². The molecule has 0 spiro atoms. The van der Waals surface area contributed by atoms with E-state index in [-0.39, 0.29) is 6.10 Å². The van der Waals surface area contributed by atoms with Crippen LogP contribution in [-0.4, -0.2) is 18.1 Å². The van der Waals surface area contributed by atoms with Crippen LogP contribution in [0.2, 0.25) is 0 Å². The van der Waals surface area contributed by atoms with Gasteiger partial charge in [-0.25, -0.2) is 0 Å². The largest absolute Gasteiger partial charge is 0.372 e. The van der Waals surface area contributed by atoms with E-state index in [0.29, 0.717) is 6.54 Å². The maximum absolute atomic E-state index is 5.84. The summed E-state index contributed by atoms with van der Waals surface area (Å²) in [7, 11) is 0. The average molecular weight is 254 g/mol. The number of hydrogen-bond acceptors (Lipinski definition) is 3. The number of hydrogen-bond donors (Lipinski definition) is 1. The van der Waals surface area contributed by atoms with E-state index in [2.05, 4.69) is 29.2 Å². The molecule has 1 atom stereocenters. The Balaban J connectivity index is 2.12. The van der Waals surface area contributed by atoms with Gasteiger partial charge in [-0.05, 0) is 36.1 Å². The lowest BCUT2D eigenvalue weighted by Gasteiger charge is -2.18. The molecule has 2 aromatic rings. The Kier molecular flexibility index (Phi) is 3.58. The van der Waals surface area contributed by atoms with Gasteiger partial charge in [-0.2, -0.15) is 0 Å². The highest BCUT2D eigenvalue weighted by Gasteiger charge is 2.20. The maximum Gasteiger partial charge on any atom is 0.0949 e. The molecule has 3 nitrogen and oxygen atoms in total. The minimum Gasteiger partial charge on any atom is -0.372 e. The molecule has 2 heterocycles. The number of fused-ring (bicyclic) bond motifs is 1. The fraction of sp³-hybridized carbons (Fsp3) is 0.312. The van der Waals surface area contributed by atoms with Crippen molar-refractivity contribution in [1.82, 2.24) is 4.98 Å². The van der Waals surface area contributed by atoms with Crippen molar-refractivity contribution in [3.8, 4) is 11.3 Å². The second kappa shape index (κ2) is 5.51. The number of ether oxygens (including phenoxy) is 1. The molecule has 0 saturated heterocycles. The molecule has 0 bridgehead atoms. The van der Waals surface area contributed by atoms with Gasteiger partial charge in [0, 0.05) is 24.9 Å². The van der Waals surface area contributed by atoms with Crippen LogP contribution < -0.4 is 5.73 Å². The van der Waals surface area contributed by atoms with E-state index in [0.717, 1.165) is 25.1 Å². The highest BCUT2D eigenvalue weighted by molar-refractivity contribution is 5.65. The summed E-state index contributed by atoms with van der Waals surface area (Å²) in [6, 6.07) is 12.4. The number of benzene rings is 1. The SMILES string of the molecule is NCC1OCCCc2c(-c3ccccn3)cccc21. The second-order valence-corrected chi connectivity index (χ2v) is 4.79. The summed E-state index contributed by atoms with van der Waals surface area (Å²) in [6.07, 6.45) is 3.91. The minimum atomic E-state index is 0.0150. The first-order valence-corrected chi connectivity index (χ1v) is 6.75. The van der Waals surface area contributed by atoms with Gasteiger partial charge in [0.05, 0.1) is 11.8 Å². The van der Waals surface area contributed by atoms with Crippen LogP contribution in [0.25, 0.3) is 11.3 Å². The molecule has 1 unspecified atom stereocenters. The fourth-order valence-electron chi connectivity index (χ4n) is 2.71. The van der Waals surface area contributed by atoms with E-state index in [1.807, 2.05) is 18.3 Å². The summed E-state index contributed by atoms with van der Waals surface area (Å²) in [4.78, 5) is 4.47. The first-order chi connectivity index (χ1) is 9.40. The fourth-order valence-corrected chi connectivity index (χ4v) is 2.71. The molecule has 2 N–H and O–H groups in total. The van der Waals surface area contributed by atoms with Gasteiger partial charge >= 0.3 is 0 Å². The third-order valence-corrected chi connectivity index (χ3v) is 3.60. The van der Waals surface area contributed by atoms with Crippen LogP contribution in [-0.2, 0) is 11.2 Å². The Hall–Kier alpha value is -1.71. The zero-order chi connectivity index (χ0) is 13.1. The Bertz CT molecular complexity index is 554. The van der Waals surface area contributed by atoms with Crippen LogP contribution in [0.1, 0.15) is 23.7 Å². The van der Waals surface area contributed by atoms with Gasteiger partial charge in [0.1, 0.15) is 0 Å². The summed E-state index contributed by atoms with van der Waals surface area (Å²) in [5.41, 5.74) is 10.6. The van der Waals surface area contributed by atoms with Crippen molar-refractivity contribution in [2.45, 2.75) is 18.9 Å². The van der Waals surface area contributed by atoms with Gasteiger partial charge in [-0.3, -0.25) is 4.98 Å². The molecular formula is C16H18N2O. The smallest absolute Gasteiger partial charge is 0.0949 e. The van der Waals surface area contributed by atoms with Gasteiger partial charge in [-0.15, -0.1) is 0 Å². The van der Waals surface area contributed by atoms with Crippen LogP contribution in [0.3, 0.4) is 0 Å². The van der Waals surface area contributed by atoms with Gasteiger partial charge in [-0.1, -0.05) is 24.3 Å². The molecule has 1 aromatic heterocycles. The number of nitrogens with zero attached hydrogens (tertiary/aromatic N) is 1. The Labute approximate surface area is 113 Å². The van der Waals surface area contributed by atoms with Gasteiger partial charge in [0.15, 0.2) is 0 Å². The Morgan fingerprint density at radius 2 is 2.16 bits per heavy atom. The predicted molar refractivity (Wildman–Crippen MR) is 75.7 cm³/mol. The minimum absolute atomic E-state index is 0.0150. The monoisotopic (exact) mass is 254 g/mol. The normalized spacial score (nSPS) is 18.7. The highest BCUT2D eigenvalue weighted by Crippen LogP contribution is 2.32. The Morgan fingerprint density at radius 1 is 1.21 bits per heavy atom. The highest BCUT2D eigenvalue weighted by atomic mass is 16.5. The molecule has 3 rings (SSSR count). The summed E-state index contributed by atoms with van der Waals surface area (Å²) in [5, 5.41) is 0. The van der Waals surface area contributed by atoms with Crippen LogP contribution in [0, 0.1) is 0 Å². The van der Waals surface area contributed by atoms with Crippen LogP contribution in [0.15, 0.2) is 42.6 Å². The van der Waals surface area contributed by atoms with Crippen LogP contribution in [0.5, 0.6) is 0 Å². The third-order valence-electron chi connectivity index (χ3n) is 3.60. The number of aromatic nitrogens is 1. The average Bonchev–Trinajstić information content (AvgIpc) is 2.69. The van der Waals surface area contributed by atoms with Crippen molar-refractivity contribution in [3.63, 3.8) is 0 Å². The van der Waals surface area contributed by atoms with Crippen LogP contribution >= 0.6 is 0 Å². The van der Waals surface area contributed by atoms with Crippen molar-refractivity contribution in [3.05, 3.63) is 53.7 Å². The molecule has 98 valence electrons. The lowest BCUT2D eigenvalue weighted by Crippen LogP contribution is -2.16. The molecule has 1 aliphatic rings. The molecule has 1 aliphatic heterocycles. The summed E-state index contributed by atoms with van der Waals surface area (Å²) in [5.74, 6) is 0. The lowest BCUT2D eigenvalue weighted by molar-refractivity contribution is 0.0627. The number of pyridine rings is 1. The maximum atomic E-state index is 5.84. The molecular weight excluding hydrogens is 236 g/mol. The molecule has 0 saturated carbocycles. The molecule has 19 heavy (non-hydrogen) atoms. The zero-order valence-corrected chi connectivity index (χ0v) is 10.9. The first kappa shape index (κ1) is 12.3. The van der Waals surface area contributed by atoms with E-state index >= 15 is 0 Å². The molecule has 0 radical (unpaired) electrons. The second-order valence-electron chi connectivity index (χ2n) is 4.79. The van der Waals surface area contributed by atoms with Crippen molar-refractivity contribution in [2.75, 3.05) is 13.2 Å². The van der Waals surface area contributed by atoms with E-state index < -0.39 is 0 Å². The summed E-state index contributed by atoms with van der Waals surface area (Å²) in [6.45, 7) is 1.30. The van der Waals surface area contributed by atoms with Gasteiger partial charge < -0.3 is 10.5 Å².